The van der Waals surface area contributed by atoms with Gasteiger partial charge in [0.05, 0.1) is 11.7 Å². The van der Waals surface area contributed by atoms with Gasteiger partial charge in [-0.25, -0.2) is 0 Å². The smallest absolute Gasteiger partial charge is 0.0707 e. The molecule has 0 aromatic rings. The van der Waals surface area contributed by atoms with Gasteiger partial charge in [-0.1, -0.05) is 0 Å². The third kappa shape index (κ3) is 3.95. The van der Waals surface area contributed by atoms with Gasteiger partial charge in [0.2, 0.25) is 0 Å². The van der Waals surface area contributed by atoms with Crippen molar-refractivity contribution in [1.29, 1.82) is 0 Å². The summed E-state index contributed by atoms with van der Waals surface area (Å²) in [6.45, 7) is 7.54. The second-order valence-corrected chi connectivity index (χ2v) is 4.86. The summed E-state index contributed by atoms with van der Waals surface area (Å²) < 4.78 is 5.85. The molecule has 1 rings (SSSR count). The van der Waals surface area contributed by atoms with Crippen LogP contribution in [0.15, 0.2) is 0 Å². The van der Waals surface area contributed by atoms with Gasteiger partial charge < -0.3 is 15.2 Å². The van der Waals surface area contributed by atoms with Crippen LogP contribution >= 0.6 is 0 Å². The van der Waals surface area contributed by atoms with Crippen LogP contribution in [0.25, 0.3) is 0 Å². The number of aliphatic hydroxyl groups excluding tert-OH is 1. The van der Waals surface area contributed by atoms with Crippen molar-refractivity contribution in [2.75, 3.05) is 13.2 Å². The van der Waals surface area contributed by atoms with Gasteiger partial charge in [0, 0.05) is 19.2 Å². The lowest BCUT2D eigenvalue weighted by Gasteiger charge is -2.21. The van der Waals surface area contributed by atoms with E-state index in [4.69, 9.17) is 9.84 Å². The summed E-state index contributed by atoms with van der Waals surface area (Å²) in [6.07, 6.45) is 3.46. The quantitative estimate of drug-likeness (QED) is 0.704. The zero-order chi connectivity index (χ0) is 10.6. The van der Waals surface area contributed by atoms with Crippen molar-refractivity contribution in [2.45, 2.75) is 57.8 Å². The minimum Gasteiger partial charge on any atom is -0.396 e. The Balaban J connectivity index is 2.14. The molecule has 1 heterocycles. The molecule has 2 N–H and O–H groups in total. The highest BCUT2D eigenvalue weighted by Crippen LogP contribution is 2.28. The average molecular weight is 201 g/mol. The van der Waals surface area contributed by atoms with Crippen LogP contribution in [0.1, 0.15) is 40.0 Å². The molecule has 1 aliphatic heterocycles. The highest BCUT2D eigenvalue weighted by molar-refractivity contribution is 4.82. The minimum absolute atomic E-state index is 0.0621. The lowest BCUT2D eigenvalue weighted by molar-refractivity contribution is -0.0152. The molecule has 0 bridgehead atoms. The fourth-order valence-electron chi connectivity index (χ4n) is 1.85. The Morgan fingerprint density at radius 1 is 1.57 bits per heavy atom. The molecular formula is C11H23NO2. The zero-order valence-corrected chi connectivity index (χ0v) is 9.55. The summed E-state index contributed by atoms with van der Waals surface area (Å²) in [6, 6.07) is 0.382. The van der Waals surface area contributed by atoms with Crippen molar-refractivity contribution in [2.24, 2.45) is 0 Å². The first-order valence-corrected chi connectivity index (χ1v) is 5.55. The van der Waals surface area contributed by atoms with Gasteiger partial charge in [-0.3, -0.25) is 0 Å². The fraction of sp³-hybridized carbons (Fsp3) is 1.00. The first-order chi connectivity index (χ1) is 6.53. The highest BCUT2D eigenvalue weighted by atomic mass is 16.5. The van der Waals surface area contributed by atoms with Crippen LogP contribution in [-0.2, 0) is 4.74 Å². The summed E-state index contributed by atoms with van der Waals surface area (Å²) in [7, 11) is 0. The van der Waals surface area contributed by atoms with Crippen molar-refractivity contribution in [3.63, 3.8) is 0 Å². The molecular weight excluding hydrogens is 178 g/mol. The topological polar surface area (TPSA) is 41.5 Å². The molecule has 0 aliphatic carbocycles. The molecule has 0 aromatic heterocycles. The lowest BCUT2D eigenvalue weighted by atomic mass is 10.1. The molecule has 0 spiro atoms. The van der Waals surface area contributed by atoms with Gasteiger partial charge in [0.1, 0.15) is 0 Å². The average Bonchev–Trinajstić information content (AvgIpc) is 2.43. The van der Waals surface area contributed by atoms with Gasteiger partial charge in [-0.2, -0.15) is 0 Å². The Kier molecular flexibility index (Phi) is 4.35. The van der Waals surface area contributed by atoms with Crippen LogP contribution in [0.3, 0.4) is 0 Å². The molecule has 0 radical (unpaired) electrons. The summed E-state index contributed by atoms with van der Waals surface area (Å²) in [5.41, 5.74) is 0.0621. The molecule has 2 unspecified atom stereocenters. The van der Waals surface area contributed by atoms with E-state index in [1.54, 1.807) is 0 Å². The third-order valence-corrected chi connectivity index (χ3v) is 2.81. The van der Waals surface area contributed by atoms with Crippen molar-refractivity contribution in [1.82, 2.24) is 5.32 Å². The first-order valence-electron chi connectivity index (χ1n) is 5.55. The summed E-state index contributed by atoms with van der Waals surface area (Å²) in [5, 5.41) is 12.1. The minimum atomic E-state index is 0.0621. The van der Waals surface area contributed by atoms with Crippen LogP contribution in [0.2, 0.25) is 0 Å². The summed E-state index contributed by atoms with van der Waals surface area (Å²) >= 11 is 0. The predicted molar refractivity (Wildman–Crippen MR) is 57.4 cm³/mol. The molecule has 1 fully saturated rings. The van der Waals surface area contributed by atoms with E-state index in [9.17, 15) is 0 Å². The van der Waals surface area contributed by atoms with E-state index in [2.05, 4.69) is 26.1 Å². The SMILES string of the molecule is CC(CCO)NCC1CCC(C)(C)O1. The van der Waals surface area contributed by atoms with E-state index in [-0.39, 0.29) is 12.2 Å². The van der Waals surface area contributed by atoms with Crippen LogP contribution in [0.4, 0.5) is 0 Å². The number of hydrogen-bond acceptors (Lipinski definition) is 3. The van der Waals surface area contributed by atoms with Crippen molar-refractivity contribution in [3.05, 3.63) is 0 Å². The zero-order valence-electron chi connectivity index (χ0n) is 9.55. The molecule has 2 atom stereocenters. The standard InChI is InChI=1S/C11H23NO2/c1-9(5-7-13)12-8-10-4-6-11(2,3)14-10/h9-10,12-13H,4-8H2,1-3H3. The number of nitrogens with one attached hydrogen (secondary N) is 1. The molecule has 3 heteroatoms. The highest BCUT2D eigenvalue weighted by Gasteiger charge is 2.31. The predicted octanol–water partition coefficient (Wildman–Crippen LogP) is 1.30. The van der Waals surface area contributed by atoms with Gasteiger partial charge >= 0.3 is 0 Å². The van der Waals surface area contributed by atoms with Gasteiger partial charge in [0.25, 0.3) is 0 Å². The van der Waals surface area contributed by atoms with Gasteiger partial charge in [-0.15, -0.1) is 0 Å². The van der Waals surface area contributed by atoms with E-state index < -0.39 is 0 Å². The number of aliphatic hydroxyl groups is 1. The first kappa shape index (κ1) is 12.0. The van der Waals surface area contributed by atoms with Crippen LogP contribution in [0, 0.1) is 0 Å². The van der Waals surface area contributed by atoms with Crippen molar-refractivity contribution >= 4 is 0 Å². The van der Waals surface area contributed by atoms with Gasteiger partial charge in [-0.05, 0) is 40.0 Å². The number of ether oxygens (including phenoxy) is 1. The molecule has 14 heavy (non-hydrogen) atoms. The van der Waals surface area contributed by atoms with Crippen LogP contribution in [-0.4, -0.2) is 36.0 Å². The van der Waals surface area contributed by atoms with Crippen molar-refractivity contribution in [3.8, 4) is 0 Å². The van der Waals surface area contributed by atoms with E-state index in [0.717, 1.165) is 25.8 Å². The van der Waals surface area contributed by atoms with Crippen molar-refractivity contribution < 1.29 is 9.84 Å². The number of rotatable bonds is 5. The lowest BCUT2D eigenvalue weighted by Crippen LogP contribution is -2.35. The summed E-state index contributed by atoms with van der Waals surface area (Å²) in [5.74, 6) is 0. The molecule has 3 nitrogen and oxygen atoms in total. The van der Waals surface area contributed by atoms with Gasteiger partial charge in [0.15, 0.2) is 0 Å². The molecule has 0 amide bonds. The third-order valence-electron chi connectivity index (χ3n) is 2.81. The monoisotopic (exact) mass is 201 g/mol. The van der Waals surface area contributed by atoms with Crippen LogP contribution in [0.5, 0.6) is 0 Å². The van der Waals surface area contributed by atoms with E-state index in [1.807, 2.05) is 0 Å². The second-order valence-electron chi connectivity index (χ2n) is 4.86. The fourth-order valence-corrected chi connectivity index (χ4v) is 1.85. The maximum atomic E-state index is 8.74. The molecule has 1 saturated heterocycles. The molecule has 84 valence electrons. The Bertz CT molecular complexity index is 171. The van der Waals surface area contributed by atoms with E-state index in [0.29, 0.717) is 12.1 Å². The molecule has 0 aromatic carbocycles. The van der Waals surface area contributed by atoms with E-state index in [1.165, 1.54) is 0 Å². The second kappa shape index (κ2) is 5.10. The Labute approximate surface area is 86.8 Å². The Morgan fingerprint density at radius 2 is 2.29 bits per heavy atom. The molecule has 1 aliphatic rings. The normalized spacial score (nSPS) is 27.9. The van der Waals surface area contributed by atoms with Crippen LogP contribution < -0.4 is 5.32 Å². The maximum absolute atomic E-state index is 8.74. The largest absolute Gasteiger partial charge is 0.396 e. The Morgan fingerprint density at radius 3 is 2.79 bits per heavy atom. The maximum Gasteiger partial charge on any atom is 0.0707 e. The van der Waals surface area contributed by atoms with E-state index >= 15 is 0 Å². The summed E-state index contributed by atoms with van der Waals surface area (Å²) in [4.78, 5) is 0. The Hall–Kier alpha value is -0.120. The number of hydrogen-bond donors (Lipinski definition) is 2. The molecule has 0 saturated carbocycles.